The molecule has 1 unspecified atom stereocenters. The number of amides is 1. The van der Waals surface area contributed by atoms with Crippen LogP contribution in [-0.4, -0.2) is 24.4 Å². The Morgan fingerprint density at radius 1 is 1.64 bits per heavy atom. The molecule has 1 saturated heterocycles. The minimum absolute atomic E-state index is 0.555. The molecule has 1 rings (SSSR count). The first kappa shape index (κ1) is 8.31. The van der Waals surface area contributed by atoms with Gasteiger partial charge in [-0.15, -0.1) is 0 Å². The summed E-state index contributed by atoms with van der Waals surface area (Å²) in [6.07, 6.45) is 4.17. The molecule has 0 spiro atoms. The van der Waals surface area contributed by atoms with Crippen LogP contribution in [0.1, 0.15) is 20.3 Å². The zero-order valence-electron chi connectivity index (χ0n) is 7.21. The van der Waals surface area contributed by atoms with E-state index in [0.29, 0.717) is 5.92 Å². The van der Waals surface area contributed by atoms with E-state index in [4.69, 9.17) is 0 Å². The van der Waals surface area contributed by atoms with Crippen LogP contribution in [0.2, 0.25) is 0 Å². The summed E-state index contributed by atoms with van der Waals surface area (Å²) in [6.45, 7) is 6.03. The number of rotatable bonds is 1. The van der Waals surface area contributed by atoms with Crippen molar-refractivity contribution in [1.82, 2.24) is 4.90 Å². The Labute approximate surface area is 67.9 Å². The van der Waals surface area contributed by atoms with Gasteiger partial charge in [0.05, 0.1) is 0 Å². The van der Waals surface area contributed by atoms with Crippen LogP contribution >= 0.6 is 0 Å². The molecule has 1 atom stereocenters. The maximum atomic E-state index is 10.4. The molecule has 1 fully saturated rings. The summed E-state index contributed by atoms with van der Waals surface area (Å²) in [7, 11) is 0. The Morgan fingerprint density at radius 2 is 2.36 bits per heavy atom. The van der Waals surface area contributed by atoms with Crippen LogP contribution in [0.15, 0.2) is 11.6 Å². The third-order valence-electron chi connectivity index (χ3n) is 2.35. The number of piperidine rings is 1. The lowest BCUT2D eigenvalue weighted by Crippen LogP contribution is -2.34. The molecule has 1 aliphatic heterocycles. The summed E-state index contributed by atoms with van der Waals surface area (Å²) in [5, 5.41) is 0. The van der Waals surface area contributed by atoms with Crippen molar-refractivity contribution < 1.29 is 4.79 Å². The van der Waals surface area contributed by atoms with Gasteiger partial charge in [0.1, 0.15) is 0 Å². The lowest BCUT2D eigenvalue weighted by atomic mass is 9.94. The quantitative estimate of drug-likeness (QED) is 0.412. The number of hydrogen-bond donors (Lipinski definition) is 0. The van der Waals surface area contributed by atoms with E-state index in [1.165, 1.54) is 5.57 Å². The monoisotopic (exact) mass is 153 g/mol. The van der Waals surface area contributed by atoms with Crippen molar-refractivity contribution in [1.29, 1.82) is 0 Å². The Hall–Kier alpha value is -0.790. The summed E-state index contributed by atoms with van der Waals surface area (Å²) in [5.74, 6) is 0.555. The minimum atomic E-state index is 0.555. The van der Waals surface area contributed by atoms with Gasteiger partial charge in [-0.1, -0.05) is 18.6 Å². The Kier molecular flexibility index (Phi) is 2.69. The fourth-order valence-corrected chi connectivity index (χ4v) is 1.60. The molecule has 0 aromatic heterocycles. The lowest BCUT2D eigenvalue weighted by Gasteiger charge is -2.29. The highest BCUT2D eigenvalue weighted by Crippen LogP contribution is 2.20. The molecule has 1 amide bonds. The second-order valence-electron chi connectivity index (χ2n) is 3.11. The topological polar surface area (TPSA) is 20.3 Å². The van der Waals surface area contributed by atoms with E-state index in [1.807, 2.05) is 4.90 Å². The van der Waals surface area contributed by atoms with Crippen LogP contribution in [0.5, 0.6) is 0 Å². The molecule has 2 nitrogen and oxygen atoms in total. The van der Waals surface area contributed by atoms with Crippen LogP contribution in [0.4, 0.5) is 0 Å². The maximum Gasteiger partial charge on any atom is 0.209 e. The number of likely N-dealkylation sites (tertiary alicyclic amines) is 1. The van der Waals surface area contributed by atoms with Crippen molar-refractivity contribution >= 4 is 6.41 Å². The maximum absolute atomic E-state index is 10.4. The fourth-order valence-electron chi connectivity index (χ4n) is 1.60. The van der Waals surface area contributed by atoms with E-state index in [-0.39, 0.29) is 0 Å². The highest BCUT2D eigenvalue weighted by Gasteiger charge is 2.17. The molecule has 2 heteroatoms. The molecular formula is C9H15NO. The van der Waals surface area contributed by atoms with Gasteiger partial charge in [0.15, 0.2) is 0 Å². The van der Waals surface area contributed by atoms with Crippen LogP contribution in [0, 0.1) is 5.92 Å². The molecule has 1 aliphatic rings. The van der Waals surface area contributed by atoms with Gasteiger partial charge in [-0.25, -0.2) is 0 Å². The van der Waals surface area contributed by atoms with E-state index in [0.717, 1.165) is 25.9 Å². The van der Waals surface area contributed by atoms with Gasteiger partial charge in [-0.05, 0) is 19.3 Å². The van der Waals surface area contributed by atoms with E-state index >= 15 is 0 Å². The van der Waals surface area contributed by atoms with Crippen molar-refractivity contribution in [3.05, 3.63) is 11.6 Å². The molecule has 0 aromatic carbocycles. The van der Waals surface area contributed by atoms with Crippen molar-refractivity contribution in [3.8, 4) is 0 Å². The first-order valence-corrected chi connectivity index (χ1v) is 4.12. The molecule has 1 heterocycles. The largest absolute Gasteiger partial charge is 0.344 e. The lowest BCUT2D eigenvalue weighted by molar-refractivity contribution is -0.119. The second-order valence-corrected chi connectivity index (χ2v) is 3.11. The van der Waals surface area contributed by atoms with Gasteiger partial charge in [0.2, 0.25) is 6.41 Å². The zero-order chi connectivity index (χ0) is 8.27. The summed E-state index contributed by atoms with van der Waals surface area (Å²) >= 11 is 0. The highest BCUT2D eigenvalue weighted by molar-refractivity contribution is 5.47. The number of carbonyl (C=O) groups is 1. The second kappa shape index (κ2) is 3.56. The molecular weight excluding hydrogens is 138 g/mol. The predicted octanol–water partition coefficient (Wildman–Crippen LogP) is 1.43. The van der Waals surface area contributed by atoms with Crippen LogP contribution < -0.4 is 0 Å². The molecule has 0 saturated carbocycles. The molecule has 0 radical (unpaired) electrons. The smallest absolute Gasteiger partial charge is 0.209 e. The first-order chi connectivity index (χ1) is 5.27. The van der Waals surface area contributed by atoms with Gasteiger partial charge >= 0.3 is 0 Å². The Balaban J connectivity index is 2.54. The van der Waals surface area contributed by atoms with E-state index in [9.17, 15) is 4.79 Å². The molecule has 11 heavy (non-hydrogen) atoms. The van der Waals surface area contributed by atoms with Crippen molar-refractivity contribution in [2.45, 2.75) is 20.3 Å². The molecule has 0 aliphatic carbocycles. The van der Waals surface area contributed by atoms with Gasteiger partial charge < -0.3 is 4.90 Å². The van der Waals surface area contributed by atoms with Crippen LogP contribution in [0.3, 0.4) is 0 Å². The number of carbonyl (C=O) groups excluding carboxylic acids is 1. The van der Waals surface area contributed by atoms with Crippen molar-refractivity contribution in [2.75, 3.05) is 13.1 Å². The van der Waals surface area contributed by atoms with Gasteiger partial charge in [0, 0.05) is 13.1 Å². The van der Waals surface area contributed by atoms with Crippen molar-refractivity contribution in [2.24, 2.45) is 5.92 Å². The SMILES string of the molecule is C/C=C1/CCN(C=O)CC1C. The number of hydrogen-bond acceptors (Lipinski definition) is 1. The summed E-state index contributed by atoms with van der Waals surface area (Å²) in [5.41, 5.74) is 1.49. The normalized spacial score (nSPS) is 29.1. The molecule has 0 bridgehead atoms. The molecule has 0 N–H and O–H groups in total. The van der Waals surface area contributed by atoms with Crippen molar-refractivity contribution in [3.63, 3.8) is 0 Å². The average Bonchev–Trinajstić information content (AvgIpc) is 2.04. The van der Waals surface area contributed by atoms with E-state index in [2.05, 4.69) is 19.9 Å². The van der Waals surface area contributed by atoms with Crippen LogP contribution in [0.25, 0.3) is 0 Å². The van der Waals surface area contributed by atoms with E-state index in [1.54, 1.807) is 0 Å². The third-order valence-corrected chi connectivity index (χ3v) is 2.35. The summed E-state index contributed by atoms with van der Waals surface area (Å²) in [6, 6.07) is 0. The highest BCUT2D eigenvalue weighted by atomic mass is 16.1. The minimum Gasteiger partial charge on any atom is -0.344 e. The average molecular weight is 153 g/mol. The van der Waals surface area contributed by atoms with Gasteiger partial charge in [-0.2, -0.15) is 0 Å². The van der Waals surface area contributed by atoms with Crippen LogP contribution in [-0.2, 0) is 4.79 Å². The third kappa shape index (κ3) is 1.82. The molecule has 0 aromatic rings. The van der Waals surface area contributed by atoms with Gasteiger partial charge in [0.25, 0.3) is 0 Å². The number of nitrogens with zero attached hydrogens (tertiary/aromatic N) is 1. The zero-order valence-corrected chi connectivity index (χ0v) is 7.21. The Bertz CT molecular complexity index is 174. The summed E-state index contributed by atoms with van der Waals surface area (Å²) < 4.78 is 0. The van der Waals surface area contributed by atoms with Gasteiger partial charge in [-0.3, -0.25) is 4.79 Å². The first-order valence-electron chi connectivity index (χ1n) is 4.12. The van der Waals surface area contributed by atoms with E-state index < -0.39 is 0 Å². The standard InChI is InChI=1S/C9H15NO/c1-3-9-4-5-10(7-11)6-8(9)2/h3,7-8H,4-6H2,1-2H3/b9-3-. The molecule has 62 valence electrons. The number of allylic oxidation sites excluding steroid dienone is 1. The summed E-state index contributed by atoms with van der Waals surface area (Å²) in [4.78, 5) is 12.3. The predicted molar refractivity (Wildman–Crippen MR) is 45.2 cm³/mol. The fraction of sp³-hybridized carbons (Fsp3) is 0.667. The Morgan fingerprint density at radius 3 is 2.82 bits per heavy atom.